The smallest absolute Gasteiger partial charge is 0.356 e. The van der Waals surface area contributed by atoms with Gasteiger partial charge in [0.15, 0.2) is 11.4 Å². The Morgan fingerprint density at radius 2 is 1.03 bits per heavy atom. The molecule has 3 aromatic heterocycles. The number of carboxylic acids is 2. The van der Waals surface area contributed by atoms with Gasteiger partial charge in [0.2, 0.25) is 0 Å². The van der Waals surface area contributed by atoms with Gasteiger partial charge in [-0.15, -0.1) is 46.1 Å². The van der Waals surface area contributed by atoms with Gasteiger partial charge in [-0.05, 0) is 106 Å². The number of hydrogen-bond acceptors (Lipinski definition) is 7. The first-order valence-electron chi connectivity index (χ1n) is 18.9. The summed E-state index contributed by atoms with van der Waals surface area (Å²) in [6.07, 6.45) is 4.36. The van der Waals surface area contributed by atoms with Crippen LogP contribution >= 0.6 is 0 Å². The molecule has 8 rings (SSSR count). The SMILES string of the molecule is O=C(O)c1ccc(CCc2cc(CCc3ccc(C(=O)O)nn3)cc(-c3ccccc3-c3cnc(-c4[c-]cccc4)cc3-c3ccc(-c4ccccc4)cc3)c2)nn1.[Ir]. The molecule has 0 bridgehead atoms. The van der Waals surface area contributed by atoms with Crippen LogP contribution in [-0.4, -0.2) is 47.5 Å². The fraction of sp³-hybridized carbons (Fsp3) is 0.0816. The number of benzene rings is 5. The van der Waals surface area contributed by atoms with E-state index in [9.17, 15) is 19.8 Å². The Kier molecular flexibility index (Phi) is 12.6. The van der Waals surface area contributed by atoms with Gasteiger partial charge in [0.25, 0.3) is 0 Å². The van der Waals surface area contributed by atoms with Crippen molar-refractivity contribution in [3.05, 3.63) is 198 Å². The Bertz CT molecular complexity index is 2630. The topological polar surface area (TPSA) is 139 Å². The minimum absolute atomic E-state index is 0. The molecule has 59 heavy (non-hydrogen) atoms. The van der Waals surface area contributed by atoms with Crippen LogP contribution in [0.4, 0.5) is 0 Å². The van der Waals surface area contributed by atoms with Crippen molar-refractivity contribution in [2.75, 3.05) is 0 Å². The number of hydrogen-bond donors (Lipinski definition) is 2. The van der Waals surface area contributed by atoms with Crippen molar-refractivity contribution >= 4 is 11.9 Å². The van der Waals surface area contributed by atoms with E-state index < -0.39 is 11.9 Å². The van der Waals surface area contributed by atoms with Crippen LogP contribution in [0.1, 0.15) is 43.5 Å². The molecule has 291 valence electrons. The summed E-state index contributed by atoms with van der Waals surface area (Å²) in [5.74, 6) is -2.24. The largest absolute Gasteiger partial charge is 0.476 e. The molecule has 8 aromatic rings. The van der Waals surface area contributed by atoms with Crippen molar-refractivity contribution in [3.8, 4) is 55.8 Å². The predicted octanol–water partition coefficient (Wildman–Crippen LogP) is 9.76. The second-order valence-corrected chi connectivity index (χ2v) is 13.8. The fourth-order valence-electron chi connectivity index (χ4n) is 7.02. The standard InChI is InChI=1S/C49H36N5O4.Ir/c55-48(56)45-25-23-39(51-53-45)21-15-32-27-33(16-22-40-24-26-46(49(57)58)54-52-40)29-38(28-32)41-13-7-8-14-42(41)44-31-50-47(37-11-5-2-6-12-37)30-43(44)36-19-17-35(18-20-36)34-9-3-1-4-10-34;/h1-11,13-14,17-20,23-31H,15-16,21-22H2,(H,55,56)(H,57,58);/q-1;. The molecule has 0 unspecified atom stereocenters. The van der Waals surface area contributed by atoms with Crippen LogP contribution in [0.3, 0.4) is 0 Å². The van der Waals surface area contributed by atoms with E-state index in [0.29, 0.717) is 37.1 Å². The second kappa shape index (κ2) is 18.5. The van der Waals surface area contributed by atoms with Crippen LogP contribution in [0.2, 0.25) is 0 Å². The Morgan fingerprint density at radius 1 is 0.475 bits per heavy atom. The molecule has 10 heteroatoms. The Hall–Kier alpha value is -7.00. The average molecular weight is 951 g/mol. The van der Waals surface area contributed by atoms with E-state index in [-0.39, 0.29) is 31.5 Å². The zero-order chi connectivity index (χ0) is 39.8. The predicted molar refractivity (Wildman–Crippen MR) is 223 cm³/mol. The molecule has 0 aliphatic rings. The van der Waals surface area contributed by atoms with Gasteiger partial charge in [-0.3, -0.25) is 0 Å². The summed E-state index contributed by atoms with van der Waals surface area (Å²) in [5.41, 5.74) is 13.5. The Labute approximate surface area is 354 Å². The van der Waals surface area contributed by atoms with Gasteiger partial charge < -0.3 is 15.2 Å². The average Bonchev–Trinajstić information content (AvgIpc) is 3.28. The van der Waals surface area contributed by atoms with E-state index in [1.807, 2.05) is 60.8 Å². The molecule has 0 saturated heterocycles. The van der Waals surface area contributed by atoms with Crippen LogP contribution in [0.25, 0.3) is 55.8 Å². The molecule has 0 aliphatic carbocycles. The number of carboxylic acid groups (broad SMARTS) is 2. The van der Waals surface area contributed by atoms with Crippen LogP contribution < -0.4 is 0 Å². The second-order valence-electron chi connectivity index (χ2n) is 13.8. The number of carbonyl (C=O) groups is 2. The van der Waals surface area contributed by atoms with Crippen LogP contribution in [0, 0.1) is 6.07 Å². The quantitative estimate of drug-likeness (QED) is 0.108. The van der Waals surface area contributed by atoms with Crippen molar-refractivity contribution in [1.29, 1.82) is 0 Å². The van der Waals surface area contributed by atoms with E-state index in [1.165, 1.54) is 12.1 Å². The van der Waals surface area contributed by atoms with E-state index >= 15 is 0 Å². The maximum atomic E-state index is 11.3. The van der Waals surface area contributed by atoms with Gasteiger partial charge in [-0.25, -0.2) is 9.59 Å². The van der Waals surface area contributed by atoms with Gasteiger partial charge in [0.1, 0.15) is 0 Å². The van der Waals surface area contributed by atoms with Crippen molar-refractivity contribution in [2.45, 2.75) is 25.7 Å². The summed E-state index contributed by atoms with van der Waals surface area (Å²) in [5, 5.41) is 34.6. The number of aromatic carboxylic acids is 2. The molecule has 0 saturated carbocycles. The number of rotatable bonds is 13. The first-order valence-corrected chi connectivity index (χ1v) is 18.9. The molecule has 5 aromatic carbocycles. The van der Waals surface area contributed by atoms with Gasteiger partial charge in [0.05, 0.1) is 11.4 Å². The zero-order valence-electron chi connectivity index (χ0n) is 31.6. The minimum atomic E-state index is -1.12. The first-order chi connectivity index (χ1) is 28.4. The van der Waals surface area contributed by atoms with E-state index in [2.05, 4.69) is 99.3 Å². The molecule has 1 radical (unpaired) electrons. The summed E-state index contributed by atoms with van der Waals surface area (Å²) in [7, 11) is 0. The summed E-state index contributed by atoms with van der Waals surface area (Å²) in [6.45, 7) is 0. The molecular weight excluding hydrogens is 915 g/mol. The maximum absolute atomic E-state index is 11.3. The summed E-state index contributed by atoms with van der Waals surface area (Å²) in [6, 6.07) is 53.6. The van der Waals surface area contributed by atoms with Crippen molar-refractivity contribution < 1.29 is 39.9 Å². The third-order valence-corrected chi connectivity index (χ3v) is 9.99. The summed E-state index contributed by atoms with van der Waals surface area (Å²) in [4.78, 5) is 27.7. The van der Waals surface area contributed by atoms with Gasteiger partial charge in [0, 0.05) is 31.9 Å². The molecule has 0 amide bonds. The number of aromatic nitrogens is 5. The fourth-order valence-corrected chi connectivity index (χ4v) is 7.02. The third-order valence-electron chi connectivity index (χ3n) is 9.99. The molecule has 0 spiro atoms. The third kappa shape index (κ3) is 9.59. The first kappa shape index (κ1) is 40.2. The number of pyridine rings is 1. The molecule has 9 nitrogen and oxygen atoms in total. The monoisotopic (exact) mass is 951 g/mol. The van der Waals surface area contributed by atoms with Crippen LogP contribution in [0.15, 0.2) is 158 Å². The minimum Gasteiger partial charge on any atom is -0.476 e. The summed E-state index contributed by atoms with van der Waals surface area (Å²) < 4.78 is 0. The summed E-state index contributed by atoms with van der Waals surface area (Å²) >= 11 is 0. The van der Waals surface area contributed by atoms with Gasteiger partial charge >= 0.3 is 11.9 Å². The van der Waals surface area contributed by atoms with Gasteiger partial charge in [-0.2, -0.15) is 10.2 Å². The molecule has 3 heterocycles. The Balaban J connectivity index is 0.00000528. The normalized spacial score (nSPS) is 10.8. The Morgan fingerprint density at radius 3 is 1.59 bits per heavy atom. The van der Waals surface area contributed by atoms with Crippen molar-refractivity contribution in [2.24, 2.45) is 0 Å². The van der Waals surface area contributed by atoms with E-state index in [1.54, 1.807) is 12.1 Å². The maximum Gasteiger partial charge on any atom is 0.356 e. The number of nitrogens with zero attached hydrogens (tertiary/aromatic N) is 5. The van der Waals surface area contributed by atoms with Crippen LogP contribution in [0.5, 0.6) is 0 Å². The number of aryl methyl sites for hydroxylation is 4. The molecule has 0 atom stereocenters. The molecule has 2 N–H and O–H groups in total. The molecule has 0 fully saturated rings. The molecule has 0 aliphatic heterocycles. The van der Waals surface area contributed by atoms with Crippen molar-refractivity contribution in [3.63, 3.8) is 0 Å². The van der Waals surface area contributed by atoms with E-state index in [4.69, 9.17) is 4.98 Å². The van der Waals surface area contributed by atoms with Crippen molar-refractivity contribution in [1.82, 2.24) is 25.4 Å². The zero-order valence-corrected chi connectivity index (χ0v) is 34.0. The van der Waals surface area contributed by atoms with Crippen LogP contribution in [-0.2, 0) is 45.8 Å². The van der Waals surface area contributed by atoms with E-state index in [0.717, 1.165) is 66.9 Å². The molecular formula is C49H36IrN5O4-. The van der Waals surface area contributed by atoms with Gasteiger partial charge in [-0.1, -0.05) is 103 Å².